The number of hydrogen-bond donors (Lipinski definition) is 1. The summed E-state index contributed by atoms with van der Waals surface area (Å²) in [4.78, 5) is 28.4. The Hall–Kier alpha value is -3.07. The smallest absolute Gasteiger partial charge is 0.264 e. The van der Waals surface area contributed by atoms with Gasteiger partial charge in [0.05, 0.1) is 10.6 Å². The van der Waals surface area contributed by atoms with E-state index in [1.807, 2.05) is 58.0 Å². The van der Waals surface area contributed by atoms with Gasteiger partial charge in [-0.2, -0.15) is 0 Å². The molecule has 0 aliphatic heterocycles. The van der Waals surface area contributed by atoms with Crippen LogP contribution in [0.15, 0.2) is 77.7 Å². The van der Waals surface area contributed by atoms with Gasteiger partial charge >= 0.3 is 0 Å². The number of nitrogens with one attached hydrogen (secondary N) is 1. The topological polar surface area (TPSA) is 86.8 Å². The number of amides is 2. The van der Waals surface area contributed by atoms with Crippen molar-refractivity contribution >= 4 is 50.7 Å². The summed E-state index contributed by atoms with van der Waals surface area (Å²) in [7, 11) is -4.21. The molecule has 10 heteroatoms. The second-order valence-corrected chi connectivity index (χ2v) is 13.1. The van der Waals surface area contributed by atoms with Gasteiger partial charge in [0.25, 0.3) is 10.0 Å². The van der Waals surface area contributed by atoms with Gasteiger partial charge in [-0.05, 0) is 70.5 Å². The molecule has 208 valence electrons. The van der Waals surface area contributed by atoms with Crippen LogP contribution in [-0.4, -0.2) is 43.3 Å². The molecule has 0 saturated carbocycles. The molecule has 39 heavy (non-hydrogen) atoms. The third-order valence-corrected chi connectivity index (χ3v) is 8.11. The SMILES string of the molecule is Cc1ccc(S(=O)(=O)N(CC(=O)N(Cc2ccccc2)[C@H](C)C(=O)NC(C)(C)C)c2cc(Cl)cc(Cl)c2)cc1. The summed E-state index contributed by atoms with van der Waals surface area (Å²) in [6.45, 7) is 8.54. The fourth-order valence-electron chi connectivity index (χ4n) is 3.89. The molecule has 0 aliphatic rings. The third kappa shape index (κ3) is 8.21. The van der Waals surface area contributed by atoms with Crippen molar-refractivity contribution in [2.45, 2.75) is 57.6 Å². The number of sulfonamides is 1. The summed E-state index contributed by atoms with van der Waals surface area (Å²) in [5.41, 5.74) is 1.29. The first kappa shape index (κ1) is 30.5. The molecule has 3 aromatic carbocycles. The first-order valence-electron chi connectivity index (χ1n) is 12.4. The molecular weight excluding hydrogens is 557 g/mol. The summed E-state index contributed by atoms with van der Waals surface area (Å²) in [5, 5.41) is 3.33. The van der Waals surface area contributed by atoms with Gasteiger partial charge in [0.15, 0.2) is 0 Å². The predicted octanol–water partition coefficient (Wildman–Crippen LogP) is 5.83. The number of carbonyl (C=O) groups is 2. The van der Waals surface area contributed by atoms with Crippen LogP contribution in [0.4, 0.5) is 5.69 Å². The molecule has 0 bridgehead atoms. The van der Waals surface area contributed by atoms with Crippen molar-refractivity contribution in [2.24, 2.45) is 0 Å². The summed E-state index contributed by atoms with van der Waals surface area (Å²) in [6, 6.07) is 19.0. The van der Waals surface area contributed by atoms with E-state index in [1.54, 1.807) is 19.1 Å². The lowest BCUT2D eigenvalue weighted by Gasteiger charge is -2.33. The predicted molar refractivity (Wildman–Crippen MR) is 157 cm³/mol. The molecule has 1 N–H and O–H groups in total. The van der Waals surface area contributed by atoms with Crippen LogP contribution in [0.2, 0.25) is 10.0 Å². The Kier molecular flexibility index (Phi) is 9.69. The molecule has 0 unspecified atom stereocenters. The van der Waals surface area contributed by atoms with Gasteiger partial charge in [-0.25, -0.2) is 8.42 Å². The molecule has 3 aromatic rings. The minimum atomic E-state index is -4.21. The van der Waals surface area contributed by atoms with Crippen LogP contribution in [0.1, 0.15) is 38.8 Å². The van der Waals surface area contributed by atoms with Crippen LogP contribution in [0.5, 0.6) is 0 Å². The van der Waals surface area contributed by atoms with E-state index in [-0.39, 0.29) is 33.1 Å². The zero-order valence-electron chi connectivity index (χ0n) is 22.6. The van der Waals surface area contributed by atoms with Gasteiger partial charge in [0, 0.05) is 22.1 Å². The highest BCUT2D eigenvalue weighted by molar-refractivity contribution is 7.92. The molecular formula is C29H33Cl2N3O4S. The summed E-state index contributed by atoms with van der Waals surface area (Å²) in [5.74, 6) is -0.923. The van der Waals surface area contributed by atoms with Crippen molar-refractivity contribution in [1.82, 2.24) is 10.2 Å². The highest BCUT2D eigenvalue weighted by Gasteiger charge is 2.33. The Morgan fingerprint density at radius 2 is 1.49 bits per heavy atom. The molecule has 0 radical (unpaired) electrons. The second kappa shape index (κ2) is 12.4. The fraction of sp³-hybridized carbons (Fsp3) is 0.310. The standard InChI is InChI=1S/C29H33Cl2N3O4S/c1-20-11-13-26(14-12-20)39(37,38)34(25-16-23(30)15-24(31)17-25)19-27(35)33(18-22-9-7-6-8-10-22)21(2)28(36)32-29(3,4)5/h6-17,21H,18-19H2,1-5H3,(H,32,36)/t21-/m1/s1. The third-order valence-electron chi connectivity index (χ3n) is 5.88. The lowest BCUT2D eigenvalue weighted by atomic mass is 10.1. The zero-order valence-corrected chi connectivity index (χ0v) is 24.9. The van der Waals surface area contributed by atoms with Gasteiger partial charge in [0.2, 0.25) is 11.8 Å². The van der Waals surface area contributed by atoms with Gasteiger partial charge < -0.3 is 10.2 Å². The molecule has 0 saturated heterocycles. The fourth-order valence-corrected chi connectivity index (χ4v) is 5.80. The number of halogens is 2. The van der Waals surface area contributed by atoms with Gasteiger partial charge in [0.1, 0.15) is 12.6 Å². The van der Waals surface area contributed by atoms with E-state index in [0.717, 1.165) is 15.4 Å². The number of carbonyl (C=O) groups excluding carboxylic acids is 2. The van der Waals surface area contributed by atoms with Crippen LogP contribution in [-0.2, 0) is 26.2 Å². The molecule has 3 rings (SSSR count). The van der Waals surface area contributed by atoms with E-state index >= 15 is 0 Å². The van der Waals surface area contributed by atoms with E-state index in [0.29, 0.717) is 0 Å². The van der Waals surface area contributed by atoms with E-state index < -0.39 is 34.1 Å². The number of aryl methyl sites for hydroxylation is 1. The highest BCUT2D eigenvalue weighted by atomic mass is 35.5. The number of anilines is 1. The Labute approximate surface area is 240 Å². The van der Waals surface area contributed by atoms with Crippen molar-refractivity contribution in [2.75, 3.05) is 10.8 Å². The maximum atomic E-state index is 13.9. The number of nitrogens with zero attached hydrogens (tertiary/aromatic N) is 2. The number of benzene rings is 3. The zero-order chi connectivity index (χ0) is 29.0. The Balaban J connectivity index is 2.06. The maximum absolute atomic E-state index is 13.9. The quantitative estimate of drug-likeness (QED) is 0.340. The number of hydrogen-bond acceptors (Lipinski definition) is 4. The average Bonchev–Trinajstić information content (AvgIpc) is 2.84. The Bertz CT molecular complexity index is 1400. The first-order valence-corrected chi connectivity index (χ1v) is 14.6. The van der Waals surface area contributed by atoms with Crippen LogP contribution in [0.25, 0.3) is 0 Å². The van der Waals surface area contributed by atoms with Crippen molar-refractivity contribution in [3.8, 4) is 0 Å². The monoisotopic (exact) mass is 589 g/mol. The van der Waals surface area contributed by atoms with E-state index in [1.165, 1.54) is 35.2 Å². The highest BCUT2D eigenvalue weighted by Crippen LogP contribution is 2.30. The van der Waals surface area contributed by atoms with Crippen LogP contribution < -0.4 is 9.62 Å². The minimum absolute atomic E-state index is 0.00475. The maximum Gasteiger partial charge on any atom is 0.264 e. The van der Waals surface area contributed by atoms with Crippen LogP contribution in [0, 0.1) is 6.92 Å². The largest absolute Gasteiger partial charge is 0.350 e. The van der Waals surface area contributed by atoms with Gasteiger partial charge in [-0.15, -0.1) is 0 Å². The molecule has 0 aliphatic carbocycles. The summed E-state index contributed by atoms with van der Waals surface area (Å²) in [6.07, 6.45) is 0. The van der Waals surface area contributed by atoms with E-state index in [4.69, 9.17) is 23.2 Å². The molecule has 1 atom stereocenters. The normalized spacial score (nSPS) is 12.5. The average molecular weight is 591 g/mol. The van der Waals surface area contributed by atoms with Crippen molar-refractivity contribution in [1.29, 1.82) is 0 Å². The minimum Gasteiger partial charge on any atom is -0.350 e. The number of rotatable bonds is 9. The molecule has 2 amide bonds. The Morgan fingerprint density at radius 1 is 0.923 bits per heavy atom. The molecule has 0 fully saturated rings. The summed E-state index contributed by atoms with van der Waals surface area (Å²) < 4.78 is 28.7. The Morgan fingerprint density at radius 3 is 2.03 bits per heavy atom. The van der Waals surface area contributed by atoms with Crippen LogP contribution in [0.3, 0.4) is 0 Å². The van der Waals surface area contributed by atoms with E-state index in [2.05, 4.69) is 5.32 Å². The molecule has 0 spiro atoms. The molecule has 0 aromatic heterocycles. The van der Waals surface area contributed by atoms with Crippen molar-refractivity contribution in [3.63, 3.8) is 0 Å². The molecule has 7 nitrogen and oxygen atoms in total. The second-order valence-electron chi connectivity index (χ2n) is 10.4. The van der Waals surface area contributed by atoms with Gasteiger partial charge in [-0.1, -0.05) is 71.2 Å². The van der Waals surface area contributed by atoms with E-state index in [9.17, 15) is 18.0 Å². The van der Waals surface area contributed by atoms with Crippen molar-refractivity contribution < 1.29 is 18.0 Å². The first-order chi connectivity index (χ1) is 18.2. The van der Waals surface area contributed by atoms with Gasteiger partial charge in [-0.3, -0.25) is 13.9 Å². The lowest BCUT2D eigenvalue weighted by molar-refractivity contribution is -0.140. The van der Waals surface area contributed by atoms with Crippen molar-refractivity contribution in [3.05, 3.63) is 94.0 Å². The van der Waals surface area contributed by atoms with Crippen LogP contribution >= 0.6 is 23.2 Å². The molecule has 0 heterocycles. The summed E-state index contributed by atoms with van der Waals surface area (Å²) >= 11 is 12.4. The lowest BCUT2D eigenvalue weighted by Crippen LogP contribution is -2.54.